The summed E-state index contributed by atoms with van der Waals surface area (Å²) in [6.07, 6.45) is 3.13. The maximum atomic E-state index is 5.62. The molecule has 0 aromatic carbocycles. The molecule has 0 aliphatic rings. The third-order valence-electron chi connectivity index (χ3n) is 2.51. The largest absolute Gasteiger partial charge is 0.379 e. The van der Waals surface area contributed by atoms with E-state index in [1.807, 2.05) is 18.7 Å². The first-order valence-electron chi connectivity index (χ1n) is 6.00. The van der Waals surface area contributed by atoms with E-state index in [1.165, 1.54) is 5.56 Å². The van der Waals surface area contributed by atoms with Crippen molar-refractivity contribution >= 4 is 0 Å². The van der Waals surface area contributed by atoms with E-state index in [-0.39, 0.29) is 6.04 Å². The van der Waals surface area contributed by atoms with E-state index in [9.17, 15) is 0 Å². The minimum absolute atomic E-state index is 0.255. The van der Waals surface area contributed by atoms with Crippen molar-refractivity contribution in [1.82, 2.24) is 15.1 Å². The Kier molecular flexibility index (Phi) is 5.49. The topological polar surface area (TPSA) is 39.1 Å². The Morgan fingerprint density at radius 3 is 2.75 bits per heavy atom. The second kappa shape index (κ2) is 6.66. The summed E-state index contributed by atoms with van der Waals surface area (Å²) in [6.45, 7) is 8.75. The van der Waals surface area contributed by atoms with Crippen molar-refractivity contribution in [2.45, 2.75) is 33.2 Å². The van der Waals surface area contributed by atoms with Gasteiger partial charge in [0, 0.05) is 25.4 Å². The van der Waals surface area contributed by atoms with Gasteiger partial charge in [0.2, 0.25) is 0 Å². The van der Waals surface area contributed by atoms with Crippen molar-refractivity contribution in [2.24, 2.45) is 7.05 Å². The number of nitrogens with one attached hydrogen (secondary N) is 1. The minimum atomic E-state index is 0.255. The molecule has 0 aliphatic heterocycles. The SMILES string of the molecule is CCCOCC(NCC)c1cn(C)nc1C. The van der Waals surface area contributed by atoms with Crippen LogP contribution in [0, 0.1) is 6.92 Å². The van der Waals surface area contributed by atoms with Gasteiger partial charge in [0.25, 0.3) is 0 Å². The Hall–Kier alpha value is -0.870. The third kappa shape index (κ3) is 3.61. The van der Waals surface area contributed by atoms with Crippen LogP contribution in [0.15, 0.2) is 6.20 Å². The van der Waals surface area contributed by atoms with Gasteiger partial charge < -0.3 is 10.1 Å². The van der Waals surface area contributed by atoms with Gasteiger partial charge >= 0.3 is 0 Å². The van der Waals surface area contributed by atoms with Crippen molar-refractivity contribution in [3.63, 3.8) is 0 Å². The van der Waals surface area contributed by atoms with E-state index in [1.54, 1.807) is 0 Å². The van der Waals surface area contributed by atoms with Crippen LogP contribution in [0.1, 0.15) is 37.6 Å². The van der Waals surface area contributed by atoms with Crippen LogP contribution in [0.25, 0.3) is 0 Å². The summed E-state index contributed by atoms with van der Waals surface area (Å²) in [5, 5.41) is 7.80. The molecule has 1 rings (SSSR count). The number of aryl methyl sites for hydroxylation is 2. The highest BCUT2D eigenvalue weighted by atomic mass is 16.5. The molecule has 1 unspecified atom stereocenters. The second-order valence-electron chi connectivity index (χ2n) is 4.03. The average molecular weight is 225 g/mol. The van der Waals surface area contributed by atoms with Crippen molar-refractivity contribution in [2.75, 3.05) is 19.8 Å². The van der Waals surface area contributed by atoms with Crippen molar-refractivity contribution in [3.8, 4) is 0 Å². The highest BCUT2D eigenvalue weighted by Crippen LogP contribution is 2.16. The molecule has 92 valence electrons. The fraction of sp³-hybridized carbons (Fsp3) is 0.750. The summed E-state index contributed by atoms with van der Waals surface area (Å²) in [5.74, 6) is 0. The van der Waals surface area contributed by atoms with Gasteiger partial charge in [-0.2, -0.15) is 5.10 Å². The number of likely N-dealkylation sites (N-methyl/N-ethyl adjacent to an activating group) is 1. The van der Waals surface area contributed by atoms with Crippen LogP contribution >= 0.6 is 0 Å². The molecule has 4 nitrogen and oxygen atoms in total. The van der Waals surface area contributed by atoms with E-state index in [2.05, 4.69) is 30.5 Å². The summed E-state index contributed by atoms with van der Waals surface area (Å²) in [6, 6.07) is 0.255. The highest BCUT2D eigenvalue weighted by Gasteiger charge is 2.15. The maximum absolute atomic E-state index is 5.62. The molecular weight excluding hydrogens is 202 g/mol. The van der Waals surface area contributed by atoms with Crippen LogP contribution in [-0.4, -0.2) is 29.5 Å². The molecule has 0 bridgehead atoms. The first-order valence-corrected chi connectivity index (χ1v) is 6.00. The standard InChI is InChI=1S/C12H23N3O/c1-5-7-16-9-12(13-6-2)11-8-15(4)14-10(11)3/h8,12-13H,5-7,9H2,1-4H3. The number of nitrogens with zero attached hydrogens (tertiary/aromatic N) is 2. The molecule has 0 amide bonds. The number of hydrogen-bond acceptors (Lipinski definition) is 3. The summed E-state index contributed by atoms with van der Waals surface area (Å²) in [5.41, 5.74) is 2.31. The number of rotatable bonds is 7. The summed E-state index contributed by atoms with van der Waals surface area (Å²) in [7, 11) is 1.95. The van der Waals surface area contributed by atoms with Gasteiger partial charge in [-0.05, 0) is 19.9 Å². The Morgan fingerprint density at radius 1 is 1.50 bits per heavy atom. The molecule has 4 heteroatoms. The lowest BCUT2D eigenvalue weighted by molar-refractivity contribution is 0.112. The summed E-state index contributed by atoms with van der Waals surface area (Å²) >= 11 is 0. The zero-order valence-corrected chi connectivity index (χ0v) is 10.8. The molecule has 0 radical (unpaired) electrons. The lowest BCUT2D eigenvalue weighted by Gasteiger charge is -2.17. The molecule has 16 heavy (non-hydrogen) atoms. The fourth-order valence-electron chi connectivity index (χ4n) is 1.81. The fourth-order valence-corrected chi connectivity index (χ4v) is 1.81. The van der Waals surface area contributed by atoms with E-state index in [0.29, 0.717) is 6.61 Å². The molecule has 1 atom stereocenters. The predicted molar refractivity (Wildman–Crippen MR) is 65.5 cm³/mol. The van der Waals surface area contributed by atoms with Gasteiger partial charge in [0.05, 0.1) is 18.3 Å². The van der Waals surface area contributed by atoms with Gasteiger partial charge in [0.1, 0.15) is 0 Å². The Balaban J connectivity index is 2.64. The van der Waals surface area contributed by atoms with Crippen LogP contribution in [0.2, 0.25) is 0 Å². The first kappa shape index (κ1) is 13.2. The van der Waals surface area contributed by atoms with Crippen LogP contribution in [0.5, 0.6) is 0 Å². The minimum Gasteiger partial charge on any atom is -0.379 e. The van der Waals surface area contributed by atoms with Crippen molar-refractivity contribution in [3.05, 3.63) is 17.5 Å². The van der Waals surface area contributed by atoms with Crippen molar-refractivity contribution < 1.29 is 4.74 Å². The van der Waals surface area contributed by atoms with Gasteiger partial charge in [-0.1, -0.05) is 13.8 Å². The van der Waals surface area contributed by atoms with Crippen LogP contribution in [0.4, 0.5) is 0 Å². The van der Waals surface area contributed by atoms with Gasteiger partial charge in [-0.25, -0.2) is 0 Å². The van der Waals surface area contributed by atoms with Crippen LogP contribution < -0.4 is 5.32 Å². The monoisotopic (exact) mass is 225 g/mol. The summed E-state index contributed by atoms with van der Waals surface area (Å²) < 4.78 is 7.47. The molecule has 0 saturated heterocycles. The molecular formula is C12H23N3O. The number of aromatic nitrogens is 2. The normalized spacial score (nSPS) is 13.0. The van der Waals surface area contributed by atoms with E-state index in [4.69, 9.17) is 4.74 Å². The second-order valence-corrected chi connectivity index (χ2v) is 4.03. The van der Waals surface area contributed by atoms with Crippen LogP contribution in [0.3, 0.4) is 0 Å². The molecule has 1 heterocycles. The molecule has 1 aromatic rings. The molecule has 0 saturated carbocycles. The predicted octanol–water partition coefficient (Wildman–Crippen LogP) is 1.81. The highest BCUT2D eigenvalue weighted by molar-refractivity contribution is 5.20. The van der Waals surface area contributed by atoms with E-state index < -0.39 is 0 Å². The van der Waals surface area contributed by atoms with Gasteiger partial charge in [0.15, 0.2) is 0 Å². The summed E-state index contributed by atoms with van der Waals surface area (Å²) in [4.78, 5) is 0. The zero-order chi connectivity index (χ0) is 12.0. The average Bonchev–Trinajstić information content (AvgIpc) is 2.57. The third-order valence-corrected chi connectivity index (χ3v) is 2.51. The first-order chi connectivity index (χ1) is 7.69. The molecule has 0 fully saturated rings. The lowest BCUT2D eigenvalue weighted by atomic mass is 10.1. The van der Waals surface area contributed by atoms with Crippen molar-refractivity contribution in [1.29, 1.82) is 0 Å². The maximum Gasteiger partial charge on any atom is 0.0662 e. The van der Waals surface area contributed by atoms with Gasteiger partial charge in [-0.15, -0.1) is 0 Å². The van der Waals surface area contributed by atoms with E-state index >= 15 is 0 Å². The quantitative estimate of drug-likeness (QED) is 0.719. The molecule has 1 N–H and O–H groups in total. The molecule has 1 aromatic heterocycles. The Bertz CT molecular complexity index is 309. The number of hydrogen-bond donors (Lipinski definition) is 1. The number of ether oxygens (including phenoxy) is 1. The smallest absolute Gasteiger partial charge is 0.0662 e. The van der Waals surface area contributed by atoms with Crippen LogP contribution in [-0.2, 0) is 11.8 Å². The Labute approximate surface area is 98.0 Å². The Morgan fingerprint density at radius 2 is 2.25 bits per heavy atom. The lowest BCUT2D eigenvalue weighted by Crippen LogP contribution is -2.25. The van der Waals surface area contributed by atoms with Gasteiger partial charge in [-0.3, -0.25) is 4.68 Å². The van der Waals surface area contributed by atoms with E-state index in [0.717, 1.165) is 25.3 Å². The molecule has 0 spiro atoms. The zero-order valence-electron chi connectivity index (χ0n) is 10.8. The molecule has 0 aliphatic carbocycles.